The zero-order valence-corrected chi connectivity index (χ0v) is 8.23. The van der Waals surface area contributed by atoms with Gasteiger partial charge in [0.05, 0.1) is 6.61 Å². The molecule has 0 saturated carbocycles. The van der Waals surface area contributed by atoms with Crippen molar-refractivity contribution in [3.63, 3.8) is 0 Å². The van der Waals surface area contributed by atoms with E-state index in [1.54, 1.807) is 6.07 Å². The second kappa shape index (κ2) is 5.21. The molecular weight excluding hydrogens is 189 g/mol. The molecule has 2 N–H and O–H groups in total. The SMILES string of the molecule is CSc1ccc(CCON)cc1F. The molecule has 0 aliphatic heterocycles. The lowest BCUT2D eigenvalue weighted by Crippen LogP contribution is -2.03. The normalized spacial score (nSPS) is 10.4. The van der Waals surface area contributed by atoms with Crippen LogP contribution in [0, 0.1) is 5.82 Å². The molecule has 1 aromatic carbocycles. The molecule has 0 aromatic heterocycles. The van der Waals surface area contributed by atoms with Crippen LogP contribution in [-0.4, -0.2) is 12.9 Å². The van der Waals surface area contributed by atoms with Gasteiger partial charge >= 0.3 is 0 Å². The Kier molecular flexibility index (Phi) is 4.21. The highest BCUT2D eigenvalue weighted by molar-refractivity contribution is 7.98. The lowest BCUT2D eigenvalue weighted by Gasteiger charge is -2.03. The van der Waals surface area contributed by atoms with Gasteiger partial charge < -0.3 is 4.84 Å². The third-order valence-electron chi connectivity index (χ3n) is 1.72. The molecule has 0 bridgehead atoms. The number of rotatable bonds is 4. The Bertz CT molecular complexity index is 280. The van der Waals surface area contributed by atoms with Crippen molar-refractivity contribution in [2.75, 3.05) is 12.9 Å². The van der Waals surface area contributed by atoms with Crippen LogP contribution in [0.5, 0.6) is 0 Å². The van der Waals surface area contributed by atoms with Crippen LogP contribution in [0.4, 0.5) is 4.39 Å². The molecule has 4 heteroatoms. The van der Waals surface area contributed by atoms with E-state index in [9.17, 15) is 4.39 Å². The molecule has 1 aromatic rings. The summed E-state index contributed by atoms with van der Waals surface area (Å²) in [6.45, 7) is 0.415. The Hall–Kier alpha value is -0.580. The average Bonchev–Trinajstić information content (AvgIpc) is 2.15. The molecule has 0 fully saturated rings. The van der Waals surface area contributed by atoms with Crippen molar-refractivity contribution in [2.24, 2.45) is 5.90 Å². The van der Waals surface area contributed by atoms with E-state index in [1.807, 2.05) is 12.3 Å². The van der Waals surface area contributed by atoms with Crippen LogP contribution in [-0.2, 0) is 11.3 Å². The molecule has 0 unspecified atom stereocenters. The van der Waals surface area contributed by atoms with Gasteiger partial charge in [0.25, 0.3) is 0 Å². The van der Waals surface area contributed by atoms with E-state index in [0.717, 1.165) is 5.56 Å². The van der Waals surface area contributed by atoms with Crippen LogP contribution < -0.4 is 5.90 Å². The minimum Gasteiger partial charge on any atom is -0.304 e. The topological polar surface area (TPSA) is 35.2 Å². The fourth-order valence-electron chi connectivity index (χ4n) is 1.04. The first-order chi connectivity index (χ1) is 6.27. The Morgan fingerprint density at radius 1 is 1.54 bits per heavy atom. The molecule has 1 rings (SSSR count). The fraction of sp³-hybridized carbons (Fsp3) is 0.333. The summed E-state index contributed by atoms with van der Waals surface area (Å²) in [7, 11) is 0. The van der Waals surface area contributed by atoms with Gasteiger partial charge in [0.1, 0.15) is 5.82 Å². The van der Waals surface area contributed by atoms with Crippen LogP contribution in [0.15, 0.2) is 23.1 Å². The van der Waals surface area contributed by atoms with Crippen LogP contribution in [0.2, 0.25) is 0 Å². The van der Waals surface area contributed by atoms with Gasteiger partial charge in [0, 0.05) is 4.90 Å². The van der Waals surface area contributed by atoms with Crippen LogP contribution >= 0.6 is 11.8 Å². The summed E-state index contributed by atoms with van der Waals surface area (Å²) >= 11 is 1.40. The summed E-state index contributed by atoms with van der Waals surface area (Å²) in [5, 5.41) is 0. The Labute approximate surface area is 81.2 Å². The highest BCUT2D eigenvalue weighted by Crippen LogP contribution is 2.19. The van der Waals surface area contributed by atoms with E-state index < -0.39 is 0 Å². The minimum atomic E-state index is -0.179. The summed E-state index contributed by atoms with van der Waals surface area (Å²) in [5.41, 5.74) is 0.903. The number of halogens is 1. The van der Waals surface area contributed by atoms with Crippen molar-refractivity contribution in [3.05, 3.63) is 29.6 Å². The first-order valence-electron chi connectivity index (χ1n) is 3.92. The second-order valence-corrected chi connectivity index (χ2v) is 3.44. The molecule has 0 amide bonds. The van der Waals surface area contributed by atoms with Crippen LogP contribution in [0.1, 0.15) is 5.56 Å². The third kappa shape index (κ3) is 2.99. The summed E-state index contributed by atoms with van der Waals surface area (Å²) in [5.74, 6) is 4.69. The van der Waals surface area contributed by atoms with Crippen molar-refractivity contribution in [1.82, 2.24) is 0 Å². The molecule has 0 saturated heterocycles. The molecule has 0 radical (unpaired) electrons. The van der Waals surface area contributed by atoms with Gasteiger partial charge in [-0.1, -0.05) is 6.07 Å². The summed E-state index contributed by atoms with van der Waals surface area (Å²) in [6, 6.07) is 5.17. The first-order valence-corrected chi connectivity index (χ1v) is 5.14. The second-order valence-electron chi connectivity index (χ2n) is 2.59. The van der Waals surface area contributed by atoms with E-state index >= 15 is 0 Å². The zero-order chi connectivity index (χ0) is 9.68. The maximum Gasteiger partial charge on any atom is 0.137 e. The molecule has 0 heterocycles. The van der Waals surface area contributed by atoms with Gasteiger partial charge in [-0.15, -0.1) is 11.8 Å². The number of hydrogen-bond donors (Lipinski definition) is 1. The lowest BCUT2D eigenvalue weighted by molar-refractivity contribution is 0.141. The smallest absolute Gasteiger partial charge is 0.137 e. The minimum absolute atomic E-state index is 0.179. The average molecular weight is 201 g/mol. The van der Waals surface area contributed by atoms with E-state index in [1.165, 1.54) is 17.8 Å². The number of benzene rings is 1. The van der Waals surface area contributed by atoms with E-state index in [2.05, 4.69) is 4.84 Å². The fourth-order valence-corrected chi connectivity index (χ4v) is 1.50. The predicted octanol–water partition coefficient (Wildman–Crippen LogP) is 1.98. The first kappa shape index (κ1) is 10.5. The van der Waals surface area contributed by atoms with Crippen molar-refractivity contribution < 1.29 is 9.23 Å². The van der Waals surface area contributed by atoms with Crippen molar-refractivity contribution in [1.29, 1.82) is 0 Å². The molecule has 2 nitrogen and oxygen atoms in total. The van der Waals surface area contributed by atoms with Gasteiger partial charge in [-0.2, -0.15) is 0 Å². The predicted molar refractivity (Wildman–Crippen MR) is 52.0 cm³/mol. The van der Waals surface area contributed by atoms with Crippen LogP contribution in [0.25, 0.3) is 0 Å². The van der Waals surface area contributed by atoms with Gasteiger partial charge in [0.2, 0.25) is 0 Å². The van der Waals surface area contributed by atoms with Crippen LogP contribution in [0.3, 0.4) is 0 Å². The number of thioether (sulfide) groups is 1. The molecule has 13 heavy (non-hydrogen) atoms. The van der Waals surface area contributed by atoms with Crippen molar-refractivity contribution in [2.45, 2.75) is 11.3 Å². The van der Waals surface area contributed by atoms with Crippen molar-refractivity contribution >= 4 is 11.8 Å². The third-order valence-corrected chi connectivity index (χ3v) is 2.50. The maximum absolute atomic E-state index is 13.2. The zero-order valence-electron chi connectivity index (χ0n) is 7.42. The molecular formula is C9H12FNOS. The van der Waals surface area contributed by atoms with Gasteiger partial charge in [-0.3, -0.25) is 0 Å². The maximum atomic E-state index is 13.2. The molecule has 0 aliphatic rings. The lowest BCUT2D eigenvalue weighted by atomic mass is 10.1. The summed E-state index contributed by atoms with van der Waals surface area (Å²) in [6.07, 6.45) is 2.49. The quantitative estimate of drug-likeness (QED) is 0.597. The summed E-state index contributed by atoms with van der Waals surface area (Å²) in [4.78, 5) is 5.08. The Morgan fingerprint density at radius 2 is 2.31 bits per heavy atom. The van der Waals surface area contributed by atoms with Gasteiger partial charge in [0.15, 0.2) is 0 Å². The van der Waals surface area contributed by atoms with E-state index in [4.69, 9.17) is 5.90 Å². The highest BCUT2D eigenvalue weighted by Gasteiger charge is 2.01. The molecule has 0 aliphatic carbocycles. The largest absolute Gasteiger partial charge is 0.304 e. The number of hydrogen-bond acceptors (Lipinski definition) is 3. The van der Waals surface area contributed by atoms with E-state index in [0.29, 0.717) is 17.9 Å². The standard InChI is InChI=1S/C9H12FNOS/c1-13-9-3-2-7(4-5-12-11)6-8(9)10/h2-3,6H,4-5,11H2,1H3. The van der Waals surface area contributed by atoms with Gasteiger partial charge in [-0.05, 0) is 30.4 Å². The number of nitrogens with two attached hydrogens (primary N) is 1. The molecule has 0 spiro atoms. The van der Waals surface area contributed by atoms with Gasteiger partial charge in [-0.25, -0.2) is 10.3 Å². The molecule has 72 valence electrons. The highest BCUT2D eigenvalue weighted by atomic mass is 32.2. The Morgan fingerprint density at radius 3 is 2.85 bits per heavy atom. The molecule has 0 atom stereocenters. The van der Waals surface area contributed by atoms with Crippen molar-refractivity contribution in [3.8, 4) is 0 Å². The monoisotopic (exact) mass is 201 g/mol. The summed E-state index contributed by atoms with van der Waals surface area (Å²) < 4.78 is 13.2. The van der Waals surface area contributed by atoms with E-state index in [-0.39, 0.29) is 5.82 Å². The Balaban J connectivity index is 2.71.